The number of esters is 1. The molecule has 0 fully saturated rings. The number of hydrogen-bond acceptors (Lipinski definition) is 5. The average molecular weight is 507 g/mol. The lowest BCUT2D eigenvalue weighted by Gasteiger charge is -2.14. The molecule has 0 saturated heterocycles. The zero-order chi connectivity index (χ0) is 24.8. The Kier molecular flexibility index (Phi) is 7.65. The number of nitrogens with one attached hydrogen (secondary N) is 1. The van der Waals surface area contributed by atoms with E-state index >= 15 is 0 Å². The van der Waals surface area contributed by atoms with Crippen LogP contribution in [0.3, 0.4) is 0 Å². The summed E-state index contributed by atoms with van der Waals surface area (Å²) in [6.45, 7) is 1.58. The molecule has 4 aromatic rings. The summed E-state index contributed by atoms with van der Waals surface area (Å²) in [4.78, 5) is 24.9. The smallest absolute Gasteiger partial charge is 0.344 e. The summed E-state index contributed by atoms with van der Waals surface area (Å²) >= 11 is 11.9. The van der Waals surface area contributed by atoms with Crippen molar-refractivity contribution < 1.29 is 19.1 Å². The number of carbonyl (C=O) groups excluding carboxylic acids is 2. The Morgan fingerprint density at radius 2 is 1.69 bits per heavy atom. The van der Waals surface area contributed by atoms with E-state index in [1.807, 2.05) is 36.4 Å². The van der Waals surface area contributed by atoms with Crippen LogP contribution in [-0.4, -0.2) is 24.2 Å². The Balaban J connectivity index is 1.32. The van der Waals surface area contributed by atoms with Crippen molar-refractivity contribution >= 4 is 52.1 Å². The SMILES string of the molecule is CC(Oc1ccc(Cl)cc1Cl)C(=O)NN=Cc1ccc(OC(=O)c2cccc3ccccc23)cc1. The number of halogens is 2. The standard InChI is InChI=1S/C27H20Cl2N2O4/c1-17(34-25-14-11-20(28)15-24(25)29)26(32)31-30-16-18-9-12-21(13-10-18)35-27(33)23-8-4-6-19-5-2-3-7-22(19)23/h2-17H,1H3,(H,31,32). The molecule has 8 heteroatoms. The van der Waals surface area contributed by atoms with Crippen LogP contribution in [0.25, 0.3) is 10.8 Å². The van der Waals surface area contributed by atoms with Gasteiger partial charge >= 0.3 is 5.97 Å². The van der Waals surface area contributed by atoms with Gasteiger partial charge < -0.3 is 9.47 Å². The number of ether oxygens (including phenoxy) is 2. The average Bonchev–Trinajstić information content (AvgIpc) is 2.86. The van der Waals surface area contributed by atoms with Crippen molar-refractivity contribution in [1.29, 1.82) is 0 Å². The van der Waals surface area contributed by atoms with Crippen molar-refractivity contribution in [2.45, 2.75) is 13.0 Å². The van der Waals surface area contributed by atoms with E-state index in [-0.39, 0.29) is 0 Å². The van der Waals surface area contributed by atoms with E-state index in [4.69, 9.17) is 32.7 Å². The maximum atomic E-state index is 12.7. The Hall–Kier alpha value is -3.87. The highest BCUT2D eigenvalue weighted by molar-refractivity contribution is 6.35. The van der Waals surface area contributed by atoms with Gasteiger partial charge in [-0.2, -0.15) is 5.10 Å². The van der Waals surface area contributed by atoms with Crippen molar-refractivity contribution in [3.8, 4) is 11.5 Å². The van der Waals surface area contributed by atoms with Crippen LogP contribution in [0, 0.1) is 0 Å². The third-order valence-corrected chi connectivity index (χ3v) is 5.59. The molecule has 0 aromatic heterocycles. The first-order valence-corrected chi connectivity index (χ1v) is 11.4. The molecule has 0 bridgehead atoms. The molecule has 0 radical (unpaired) electrons. The summed E-state index contributed by atoms with van der Waals surface area (Å²) in [6, 6.07) is 24.6. The highest BCUT2D eigenvalue weighted by atomic mass is 35.5. The van der Waals surface area contributed by atoms with Gasteiger partial charge in [0, 0.05) is 5.02 Å². The zero-order valence-electron chi connectivity index (χ0n) is 18.6. The highest BCUT2D eigenvalue weighted by Crippen LogP contribution is 2.28. The van der Waals surface area contributed by atoms with Crippen LogP contribution in [0.4, 0.5) is 0 Å². The molecule has 176 valence electrons. The van der Waals surface area contributed by atoms with E-state index in [0.29, 0.717) is 32.7 Å². The quantitative estimate of drug-likeness (QED) is 0.138. The fraction of sp³-hybridized carbons (Fsp3) is 0.0741. The van der Waals surface area contributed by atoms with Crippen LogP contribution in [0.5, 0.6) is 11.5 Å². The molecular formula is C27H20Cl2N2O4. The molecular weight excluding hydrogens is 487 g/mol. The number of nitrogens with zero attached hydrogens (tertiary/aromatic N) is 1. The van der Waals surface area contributed by atoms with Crippen LogP contribution in [0.2, 0.25) is 10.0 Å². The third-order valence-electron chi connectivity index (χ3n) is 5.06. The van der Waals surface area contributed by atoms with Crippen LogP contribution < -0.4 is 14.9 Å². The molecule has 0 saturated carbocycles. The van der Waals surface area contributed by atoms with Crippen molar-refractivity contribution in [3.05, 3.63) is 106 Å². The zero-order valence-corrected chi connectivity index (χ0v) is 20.1. The van der Waals surface area contributed by atoms with E-state index in [2.05, 4.69) is 10.5 Å². The largest absolute Gasteiger partial charge is 0.479 e. The molecule has 0 aliphatic carbocycles. The monoisotopic (exact) mass is 506 g/mol. The van der Waals surface area contributed by atoms with Gasteiger partial charge in [-0.05, 0) is 71.8 Å². The van der Waals surface area contributed by atoms with E-state index in [1.165, 1.54) is 12.3 Å². The number of hydrogen-bond donors (Lipinski definition) is 1. The summed E-state index contributed by atoms with van der Waals surface area (Å²) in [7, 11) is 0. The Labute approximate surface area is 212 Å². The first-order chi connectivity index (χ1) is 16.9. The Morgan fingerprint density at radius 1 is 0.943 bits per heavy atom. The lowest BCUT2D eigenvalue weighted by atomic mass is 10.0. The van der Waals surface area contributed by atoms with E-state index in [1.54, 1.807) is 49.4 Å². The molecule has 0 aliphatic heterocycles. The molecule has 0 aliphatic rings. The molecule has 1 unspecified atom stereocenters. The molecule has 1 amide bonds. The molecule has 0 spiro atoms. The van der Waals surface area contributed by atoms with Crippen molar-refractivity contribution in [3.63, 3.8) is 0 Å². The van der Waals surface area contributed by atoms with Gasteiger partial charge in [0.15, 0.2) is 6.10 Å². The summed E-state index contributed by atoms with van der Waals surface area (Å²) in [5, 5.41) is 6.52. The normalized spacial score (nSPS) is 11.9. The lowest BCUT2D eigenvalue weighted by Crippen LogP contribution is -2.33. The molecule has 1 atom stereocenters. The second-order valence-corrected chi connectivity index (χ2v) is 8.40. The van der Waals surface area contributed by atoms with Crippen LogP contribution in [0.15, 0.2) is 90.0 Å². The van der Waals surface area contributed by atoms with Gasteiger partial charge in [0.1, 0.15) is 11.5 Å². The molecule has 4 aromatic carbocycles. The minimum Gasteiger partial charge on any atom is -0.479 e. The van der Waals surface area contributed by atoms with Crippen molar-refractivity contribution in [2.75, 3.05) is 0 Å². The minimum absolute atomic E-state index is 0.307. The molecule has 0 heterocycles. The molecule has 35 heavy (non-hydrogen) atoms. The molecule has 6 nitrogen and oxygen atoms in total. The topological polar surface area (TPSA) is 77.0 Å². The summed E-state index contributed by atoms with van der Waals surface area (Å²) in [6.07, 6.45) is 0.637. The number of benzene rings is 4. The van der Waals surface area contributed by atoms with Gasteiger partial charge in [-0.1, -0.05) is 59.6 Å². The first kappa shape index (κ1) is 24.3. The van der Waals surface area contributed by atoms with Gasteiger partial charge in [-0.3, -0.25) is 4.79 Å². The van der Waals surface area contributed by atoms with Gasteiger partial charge in [0.2, 0.25) is 0 Å². The van der Waals surface area contributed by atoms with Crippen molar-refractivity contribution in [2.24, 2.45) is 5.10 Å². The number of rotatable bonds is 7. The second kappa shape index (κ2) is 11.0. The van der Waals surface area contributed by atoms with Crippen molar-refractivity contribution in [1.82, 2.24) is 5.43 Å². The molecule has 4 rings (SSSR count). The third kappa shape index (κ3) is 6.18. The van der Waals surface area contributed by atoms with E-state index in [0.717, 1.165) is 10.8 Å². The predicted octanol–water partition coefficient (Wildman–Crippen LogP) is 6.28. The Bertz CT molecular complexity index is 1400. The number of hydrazone groups is 1. The summed E-state index contributed by atoms with van der Waals surface area (Å²) < 4.78 is 11.1. The van der Waals surface area contributed by atoms with E-state index in [9.17, 15) is 9.59 Å². The predicted molar refractivity (Wildman–Crippen MR) is 138 cm³/mol. The summed E-state index contributed by atoms with van der Waals surface area (Å²) in [5.74, 6) is -0.152. The van der Waals surface area contributed by atoms with E-state index < -0.39 is 18.0 Å². The van der Waals surface area contributed by atoms with Gasteiger partial charge in [0.05, 0.1) is 16.8 Å². The highest BCUT2D eigenvalue weighted by Gasteiger charge is 2.16. The lowest BCUT2D eigenvalue weighted by molar-refractivity contribution is -0.127. The fourth-order valence-corrected chi connectivity index (χ4v) is 3.72. The maximum absolute atomic E-state index is 12.7. The minimum atomic E-state index is -0.832. The van der Waals surface area contributed by atoms with Crippen LogP contribution in [0.1, 0.15) is 22.8 Å². The first-order valence-electron chi connectivity index (χ1n) is 10.7. The maximum Gasteiger partial charge on any atom is 0.344 e. The number of fused-ring (bicyclic) bond motifs is 1. The number of amides is 1. The summed E-state index contributed by atoms with van der Waals surface area (Å²) in [5.41, 5.74) is 3.61. The Morgan fingerprint density at radius 3 is 2.46 bits per heavy atom. The van der Waals surface area contributed by atoms with Gasteiger partial charge in [-0.25, -0.2) is 10.2 Å². The fourth-order valence-electron chi connectivity index (χ4n) is 3.26. The number of carbonyl (C=O) groups is 2. The van der Waals surface area contributed by atoms with Crippen LogP contribution >= 0.6 is 23.2 Å². The van der Waals surface area contributed by atoms with Crippen LogP contribution in [-0.2, 0) is 4.79 Å². The molecule has 1 N–H and O–H groups in total. The van der Waals surface area contributed by atoms with Gasteiger partial charge in [-0.15, -0.1) is 0 Å². The second-order valence-electron chi connectivity index (χ2n) is 7.55. The van der Waals surface area contributed by atoms with Gasteiger partial charge in [0.25, 0.3) is 5.91 Å².